The molecule has 0 aliphatic carbocycles. The lowest BCUT2D eigenvalue weighted by atomic mass is 9.87. The van der Waals surface area contributed by atoms with Gasteiger partial charge in [-0.2, -0.15) is 0 Å². The molecular formula is C17H27NO3. The van der Waals surface area contributed by atoms with Gasteiger partial charge in [0.2, 0.25) is 5.91 Å². The van der Waals surface area contributed by atoms with Gasteiger partial charge in [-0.3, -0.25) is 4.79 Å². The van der Waals surface area contributed by atoms with Gasteiger partial charge >= 0.3 is 0 Å². The van der Waals surface area contributed by atoms with Crippen LogP contribution in [-0.2, 0) is 26.2 Å². The first kappa shape index (κ1) is 17.7. The molecule has 0 radical (unpaired) electrons. The maximum Gasteiger partial charge on any atom is 0.248 e. The summed E-state index contributed by atoms with van der Waals surface area (Å²) in [4.78, 5) is 13.6. The molecule has 0 heterocycles. The number of methoxy groups -OCH3 is 1. The highest BCUT2D eigenvalue weighted by molar-refractivity contribution is 5.77. The summed E-state index contributed by atoms with van der Waals surface area (Å²) < 4.78 is 10.1. The predicted molar refractivity (Wildman–Crippen MR) is 84.3 cm³/mol. The Morgan fingerprint density at radius 3 is 2.29 bits per heavy atom. The summed E-state index contributed by atoms with van der Waals surface area (Å²) in [6, 6.07) is 8.41. The third kappa shape index (κ3) is 6.27. The summed E-state index contributed by atoms with van der Waals surface area (Å²) in [5.41, 5.74) is 2.56. The third-order valence-corrected chi connectivity index (χ3v) is 3.32. The lowest BCUT2D eigenvalue weighted by Gasteiger charge is -2.21. The predicted octanol–water partition coefficient (Wildman–Crippen LogP) is 2.61. The molecule has 1 aromatic carbocycles. The van der Waals surface area contributed by atoms with Crippen molar-refractivity contribution >= 4 is 5.91 Å². The van der Waals surface area contributed by atoms with Crippen LogP contribution in [0, 0.1) is 0 Å². The first-order valence-electron chi connectivity index (χ1n) is 7.24. The van der Waals surface area contributed by atoms with Crippen LogP contribution in [-0.4, -0.2) is 44.8 Å². The Labute approximate surface area is 128 Å². The van der Waals surface area contributed by atoms with Crippen molar-refractivity contribution in [1.82, 2.24) is 4.90 Å². The minimum atomic E-state index is -0.0222. The molecule has 118 valence electrons. The second kappa shape index (κ2) is 8.15. The Morgan fingerprint density at radius 2 is 1.76 bits per heavy atom. The van der Waals surface area contributed by atoms with Crippen LogP contribution < -0.4 is 0 Å². The van der Waals surface area contributed by atoms with Crippen molar-refractivity contribution in [3.63, 3.8) is 0 Å². The van der Waals surface area contributed by atoms with E-state index in [1.807, 2.05) is 0 Å². The molecule has 0 spiro atoms. The van der Waals surface area contributed by atoms with Crippen molar-refractivity contribution in [2.45, 2.75) is 32.7 Å². The molecule has 1 aromatic rings. The molecular weight excluding hydrogens is 266 g/mol. The highest BCUT2D eigenvalue weighted by Gasteiger charge is 2.14. The second-order valence-corrected chi connectivity index (χ2v) is 6.24. The number of rotatable bonds is 7. The van der Waals surface area contributed by atoms with Crippen molar-refractivity contribution in [2.24, 2.45) is 0 Å². The van der Waals surface area contributed by atoms with Crippen LogP contribution in [0.4, 0.5) is 0 Å². The summed E-state index contributed by atoms with van der Waals surface area (Å²) in [5, 5.41) is 0. The number of carbonyl (C=O) groups is 1. The van der Waals surface area contributed by atoms with Crippen LogP contribution >= 0.6 is 0 Å². The summed E-state index contributed by atoms with van der Waals surface area (Å²) >= 11 is 0. The zero-order chi connectivity index (χ0) is 15.9. The maximum atomic E-state index is 11.9. The standard InChI is InChI=1S/C17H27NO3/c1-17(2,3)15-8-6-14(7-9-15)12-18(4)16(19)13-21-11-10-20-5/h6-9H,10-13H2,1-5H3. The van der Waals surface area contributed by atoms with Crippen molar-refractivity contribution < 1.29 is 14.3 Å². The van der Waals surface area contributed by atoms with Gasteiger partial charge in [0.1, 0.15) is 6.61 Å². The summed E-state index contributed by atoms with van der Waals surface area (Å²) in [6.07, 6.45) is 0. The van der Waals surface area contributed by atoms with E-state index in [-0.39, 0.29) is 17.9 Å². The third-order valence-electron chi connectivity index (χ3n) is 3.32. The number of ether oxygens (including phenoxy) is 2. The quantitative estimate of drug-likeness (QED) is 0.725. The van der Waals surface area contributed by atoms with Crippen LogP contribution in [0.25, 0.3) is 0 Å². The lowest BCUT2D eigenvalue weighted by Crippen LogP contribution is -2.30. The van der Waals surface area contributed by atoms with Crippen LogP contribution in [0.2, 0.25) is 0 Å². The zero-order valence-electron chi connectivity index (χ0n) is 13.8. The summed E-state index contributed by atoms with van der Waals surface area (Å²) in [5.74, 6) is -0.0222. The Kier molecular flexibility index (Phi) is 6.85. The average molecular weight is 293 g/mol. The van der Waals surface area contributed by atoms with Crippen LogP contribution in [0.15, 0.2) is 24.3 Å². The van der Waals surface area contributed by atoms with Gasteiger partial charge in [-0.05, 0) is 16.5 Å². The smallest absolute Gasteiger partial charge is 0.248 e. The molecule has 0 aliphatic rings. The van der Waals surface area contributed by atoms with Crippen molar-refractivity contribution in [2.75, 3.05) is 34.0 Å². The highest BCUT2D eigenvalue weighted by atomic mass is 16.5. The Hall–Kier alpha value is -1.39. The molecule has 0 atom stereocenters. The SMILES string of the molecule is COCCOCC(=O)N(C)Cc1ccc(C(C)(C)C)cc1. The highest BCUT2D eigenvalue weighted by Crippen LogP contribution is 2.22. The summed E-state index contributed by atoms with van der Waals surface area (Å²) in [6.45, 7) is 8.21. The van der Waals surface area contributed by atoms with E-state index in [0.717, 1.165) is 5.56 Å². The van der Waals surface area contributed by atoms with E-state index >= 15 is 0 Å². The van der Waals surface area contributed by atoms with Gasteiger partial charge in [0.15, 0.2) is 0 Å². The molecule has 0 fully saturated rings. The number of hydrogen-bond acceptors (Lipinski definition) is 3. The van der Waals surface area contributed by atoms with E-state index in [0.29, 0.717) is 19.8 Å². The zero-order valence-corrected chi connectivity index (χ0v) is 13.8. The van der Waals surface area contributed by atoms with Crippen LogP contribution in [0.5, 0.6) is 0 Å². The Bertz CT molecular complexity index is 434. The number of hydrogen-bond donors (Lipinski definition) is 0. The fourth-order valence-corrected chi connectivity index (χ4v) is 1.88. The first-order chi connectivity index (χ1) is 9.84. The van der Waals surface area contributed by atoms with E-state index in [9.17, 15) is 4.79 Å². The molecule has 1 amide bonds. The van der Waals surface area contributed by atoms with Gasteiger partial charge in [0, 0.05) is 20.7 Å². The molecule has 0 saturated carbocycles. The maximum absolute atomic E-state index is 11.9. The number of amides is 1. The van der Waals surface area contributed by atoms with Crippen molar-refractivity contribution in [3.8, 4) is 0 Å². The van der Waals surface area contributed by atoms with Gasteiger partial charge < -0.3 is 14.4 Å². The number of carbonyl (C=O) groups excluding carboxylic acids is 1. The minimum Gasteiger partial charge on any atom is -0.382 e. The van der Waals surface area contributed by atoms with Gasteiger partial charge in [0.25, 0.3) is 0 Å². The summed E-state index contributed by atoms with van der Waals surface area (Å²) in [7, 11) is 3.40. The van der Waals surface area contributed by atoms with Crippen molar-refractivity contribution in [3.05, 3.63) is 35.4 Å². The normalized spacial score (nSPS) is 11.5. The number of likely N-dealkylation sites (N-methyl/N-ethyl adjacent to an activating group) is 1. The van der Waals surface area contributed by atoms with Crippen LogP contribution in [0.3, 0.4) is 0 Å². The van der Waals surface area contributed by atoms with Gasteiger partial charge in [-0.1, -0.05) is 45.0 Å². The molecule has 4 heteroatoms. The number of nitrogens with zero attached hydrogens (tertiary/aromatic N) is 1. The fraction of sp³-hybridized carbons (Fsp3) is 0.588. The molecule has 1 rings (SSSR count). The first-order valence-corrected chi connectivity index (χ1v) is 7.24. The Morgan fingerprint density at radius 1 is 1.14 bits per heavy atom. The molecule has 0 aliphatic heterocycles. The second-order valence-electron chi connectivity index (χ2n) is 6.24. The monoisotopic (exact) mass is 293 g/mol. The lowest BCUT2D eigenvalue weighted by molar-refractivity contribution is -0.135. The minimum absolute atomic E-state index is 0.0222. The average Bonchev–Trinajstić information content (AvgIpc) is 2.43. The van der Waals surface area contributed by atoms with Crippen LogP contribution in [0.1, 0.15) is 31.9 Å². The van der Waals surface area contributed by atoms with E-state index in [4.69, 9.17) is 9.47 Å². The van der Waals surface area contributed by atoms with E-state index < -0.39 is 0 Å². The molecule has 21 heavy (non-hydrogen) atoms. The van der Waals surface area contributed by atoms with E-state index in [1.54, 1.807) is 19.1 Å². The molecule has 0 aromatic heterocycles. The van der Waals surface area contributed by atoms with Gasteiger partial charge in [0.05, 0.1) is 13.2 Å². The topological polar surface area (TPSA) is 38.8 Å². The Balaban J connectivity index is 2.47. The largest absolute Gasteiger partial charge is 0.382 e. The number of benzene rings is 1. The van der Waals surface area contributed by atoms with E-state index in [2.05, 4.69) is 45.0 Å². The van der Waals surface area contributed by atoms with Gasteiger partial charge in [-0.25, -0.2) is 0 Å². The van der Waals surface area contributed by atoms with E-state index in [1.165, 1.54) is 5.56 Å². The molecule has 0 saturated heterocycles. The van der Waals surface area contributed by atoms with Crippen molar-refractivity contribution in [1.29, 1.82) is 0 Å². The molecule has 0 unspecified atom stereocenters. The fourth-order valence-electron chi connectivity index (χ4n) is 1.88. The molecule has 0 bridgehead atoms. The molecule has 4 nitrogen and oxygen atoms in total. The molecule has 0 N–H and O–H groups in total. The van der Waals surface area contributed by atoms with Gasteiger partial charge in [-0.15, -0.1) is 0 Å².